The third kappa shape index (κ3) is 4.38. The molecule has 90 valence electrons. The molecule has 1 rings (SSSR count). The first-order valence-electron chi connectivity index (χ1n) is 5.47. The molecule has 1 aliphatic rings. The zero-order valence-electron chi connectivity index (χ0n) is 9.11. The summed E-state index contributed by atoms with van der Waals surface area (Å²) in [7, 11) is 1.88. The van der Waals surface area contributed by atoms with Gasteiger partial charge in [0.05, 0.1) is 5.92 Å². The zero-order valence-corrected chi connectivity index (χ0v) is 9.11. The summed E-state index contributed by atoms with van der Waals surface area (Å²) in [5, 5.41) is 3.03. The molecule has 2 nitrogen and oxygen atoms in total. The summed E-state index contributed by atoms with van der Waals surface area (Å²) in [6.07, 6.45) is -2.45. The summed E-state index contributed by atoms with van der Waals surface area (Å²) in [4.78, 5) is 2.12. The van der Waals surface area contributed by atoms with Gasteiger partial charge < -0.3 is 10.2 Å². The lowest BCUT2D eigenvalue weighted by Crippen LogP contribution is -2.39. The number of halogens is 3. The summed E-state index contributed by atoms with van der Waals surface area (Å²) in [5.74, 6) is -1.07. The molecule has 0 unspecified atom stereocenters. The fourth-order valence-corrected chi connectivity index (χ4v) is 1.96. The first kappa shape index (κ1) is 12.8. The third-order valence-electron chi connectivity index (χ3n) is 2.95. The zero-order chi connectivity index (χ0) is 11.3. The molecule has 0 amide bonds. The summed E-state index contributed by atoms with van der Waals surface area (Å²) in [6.45, 7) is 3.02. The number of hydrogen-bond donors (Lipinski definition) is 1. The molecule has 5 heteroatoms. The van der Waals surface area contributed by atoms with Crippen LogP contribution in [0.4, 0.5) is 13.2 Å². The summed E-state index contributed by atoms with van der Waals surface area (Å²) in [6, 6.07) is 0. The van der Waals surface area contributed by atoms with Crippen LogP contribution in [0.5, 0.6) is 0 Å². The van der Waals surface area contributed by atoms with E-state index < -0.39 is 12.1 Å². The van der Waals surface area contributed by atoms with Crippen molar-refractivity contribution < 1.29 is 13.2 Å². The van der Waals surface area contributed by atoms with Crippen LogP contribution in [0.2, 0.25) is 0 Å². The Balaban J connectivity index is 2.18. The second-order valence-corrected chi connectivity index (χ2v) is 4.11. The summed E-state index contributed by atoms with van der Waals surface area (Å²) in [5.41, 5.74) is 0. The standard InChI is InChI=1S/C10H19F3N2/c1-14-5-2-6-15-7-3-9(4-8-15)10(11,12)13/h9,14H,2-8H2,1H3. The quantitative estimate of drug-likeness (QED) is 0.733. The number of nitrogens with zero attached hydrogens (tertiary/aromatic N) is 1. The minimum absolute atomic E-state index is 0.267. The molecule has 0 aliphatic carbocycles. The Morgan fingerprint density at radius 1 is 1.27 bits per heavy atom. The lowest BCUT2D eigenvalue weighted by Gasteiger charge is -2.32. The number of hydrogen-bond acceptors (Lipinski definition) is 2. The van der Waals surface area contributed by atoms with Crippen LogP contribution >= 0.6 is 0 Å². The lowest BCUT2D eigenvalue weighted by atomic mass is 9.96. The van der Waals surface area contributed by atoms with Crippen LogP contribution in [0.25, 0.3) is 0 Å². The van der Waals surface area contributed by atoms with Gasteiger partial charge in [0.25, 0.3) is 0 Å². The van der Waals surface area contributed by atoms with Crippen molar-refractivity contribution in [1.82, 2.24) is 10.2 Å². The molecular weight excluding hydrogens is 205 g/mol. The SMILES string of the molecule is CNCCCN1CCC(C(F)(F)F)CC1. The van der Waals surface area contributed by atoms with Crippen molar-refractivity contribution in [2.24, 2.45) is 5.92 Å². The van der Waals surface area contributed by atoms with Gasteiger partial charge in [-0.05, 0) is 52.5 Å². The number of likely N-dealkylation sites (tertiary alicyclic amines) is 1. The maximum Gasteiger partial charge on any atom is 0.391 e. The number of rotatable bonds is 4. The van der Waals surface area contributed by atoms with Crippen molar-refractivity contribution in [2.45, 2.75) is 25.4 Å². The molecule has 1 aliphatic heterocycles. The predicted octanol–water partition coefficient (Wildman–Crippen LogP) is 1.87. The van der Waals surface area contributed by atoms with E-state index in [9.17, 15) is 13.2 Å². The van der Waals surface area contributed by atoms with E-state index in [1.165, 1.54) is 0 Å². The van der Waals surface area contributed by atoms with E-state index in [4.69, 9.17) is 0 Å². The van der Waals surface area contributed by atoms with Crippen LogP contribution in [0, 0.1) is 5.92 Å². The molecule has 0 saturated carbocycles. The van der Waals surface area contributed by atoms with Crippen LogP contribution < -0.4 is 5.32 Å². The highest BCUT2D eigenvalue weighted by Gasteiger charge is 2.40. The van der Waals surface area contributed by atoms with Crippen LogP contribution in [0.1, 0.15) is 19.3 Å². The summed E-state index contributed by atoms with van der Waals surface area (Å²) >= 11 is 0. The van der Waals surface area contributed by atoms with Crippen molar-refractivity contribution in [2.75, 3.05) is 33.2 Å². The smallest absolute Gasteiger partial charge is 0.320 e. The molecule has 1 saturated heterocycles. The van der Waals surface area contributed by atoms with Gasteiger partial charge in [0.1, 0.15) is 0 Å². The van der Waals surface area contributed by atoms with Gasteiger partial charge in [0.15, 0.2) is 0 Å². The molecule has 0 spiro atoms. The minimum atomic E-state index is -3.99. The van der Waals surface area contributed by atoms with Gasteiger partial charge in [-0.2, -0.15) is 13.2 Å². The second kappa shape index (κ2) is 5.70. The molecule has 0 aromatic carbocycles. The largest absolute Gasteiger partial charge is 0.391 e. The normalized spacial score (nSPS) is 20.8. The highest BCUT2D eigenvalue weighted by Crippen LogP contribution is 2.33. The van der Waals surface area contributed by atoms with Crippen molar-refractivity contribution in [3.05, 3.63) is 0 Å². The van der Waals surface area contributed by atoms with Gasteiger partial charge in [-0.3, -0.25) is 0 Å². The monoisotopic (exact) mass is 224 g/mol. The van der Waals surface area contributed by atoms with Gasteiger partial charge in [-0.15, -0.1) is 0 Å². The van der Waals surface area contributed by atoms with E-state index in [2.05, 4.69) is 10.2 Å². The maximum absolute atomic E-state index is 12.3. The van der Waals surface area contributed by atoms with Gasteiger partial charge in [-0.25, -0.2) is 0 Å². The van der Waals surface area contributed by atoms with Gasteiger partial charge in [0.2, 0.25) is 0 Å². The molecular formula is C10H19F3N2. The second-order valence-electron chi connectivity index (χ2n) is 4.11. The van der Waals surface area contributed by atoms with E-state index >= 15 is 0 Å². The van der Waals surface area contributed by atoms with Crippen LogP contribution in [0.15, 0.2) is 0 Å². The number of nitrogens with one attached hydrogen (secondary N) is 1. The van der Waals surface area contributed by atoms with Crippen LogP contribution in [-0.2, 0) is 0 Å². The molecule has 0 aromatic rings. The number of alkyl halides is 3. The van der Waals surface area contributed by atoms with E-state index in [1.54, 1.807) is 0 Å². The Labute approximate surface area is 88.8 Å². The van der Waals surface area contributed by atoms with Crippen molar-refractivity contribution in [3.8, 4) is 0 Å². The van der Waals surface area contributed by atoms with E-state index in [0.29, 0.717) is 13.1 Å². The molecule has 1 fully saturated rings. The molecule has 1 N–H and O–H groups in total. The Morgan fingerprint density at radius 2 is 1.87 bits per heavy atom. The van der Waals surface area contributed by atoms with Gasteiger partial charge >= 0.3 is 6.18 Å². The molecule has 0 atom stereocenters. The first-order chi connectivity index (χ1) is 7.04. The van der Waals surface area contributed by atoms with Crippen molar-refractivity contribution in [1.29, 1.82) is 0 Å². The molecule has 15 heavy (non-hydrogen) atoms. The van der Waals surface area contributed by atoms with Crippen LogP contribution in [-0.4, -0.2) is 44.3 Å². The molecule has 0 bridgehead atoms. The Morgan fingerprint density at radius 3 is 2.33 bits per heavy atom. The van der Waals surface area contributed by atoms with Gasteiger partial charge in [-0.1, -0.05) is 0 Å². The Kier molecular flexibility index (Phi) is 4.86. The van der Waals surface area contributed by atoms with E-state index in [-0.39, 0.29) is 12.8 Å². The topological polar surface area (TPSA) is 15.3 Å². The first-order valence-corrected chi connectivity index (χ1v) is 5.47. The fraction of sp³-hybridized carbons (Fsp3) is 1.00. The number of piperidine rings is 1. The maximum atomic E-state index is 12.3. The Bertz CT molecular complexity index is 174. The third-order valence-corrected chi connectivity index (χ3v) is 2.95. The van der Waals surface area contributed by atoms with E-state index in [1.807, 2.05) is 7.05 Å². The highest BCUT2D eigenvalue weighted by atomic mass is 19.4. The molecule has 0 radical (unpaired) electrons. The highest BCUT2D eigenvalue weighted by molar-refractivity contribution is 4.76. The molecule has 1 heterocycles. The summed E-state index contributed by atoms with van der Waals surface area (Å²) < 4.78 is 37.0. The van der Waals surface area contributed by atoms with Crippen LogP contribution in [0.3, 0.4) is 0 Å². The van der Waals surface area contributed by atoms with Gasteiger partial charge in [0, 0.05) is 0 Å². The van der Waals surface area contributed by atoms with Crippen molar-refractivity contribution in [3.63, 3.8) is 0 Å². The Hall–Kier alpha value is -0.290. The average Bonchev–Trinajstić information content (AvgIpc) is 2.18. The van der Waals surface area contributed by atoms with E-state index in [0.717, 1.165) is 19.5 Å². The fourth-order valence-electron chi connectivity index (χ4n) is 1.96. The molecule has 0 aromatic heterocycles. The van der Waals surface area contributed by atoms with Crippen molar-refractivity contribution >= 4 is 0 Å². The minimum Gasteiger partial charge on any atom is -0.320 e. The average molecular weight is 224 g/mol. The predicted molar refractivity (Wildman–Crippen MR) is 53.8 cm³/mol. The lowest BCUT2D eigenvalue weighted by molar-refractivity contribution is -0.185.